The number of carbonyl (C=O) groups is 2. The molecule has 2 N–H and O–H groups in total. The largest absolute Gasteiger partial charge is 0.493 e. The lowest BCUT2D eigenvalue weighted by atomic mass is 9.74. The van der Waals surface area contributed by atoms with E-state index < -0.39 is 17.4 Å². The van der Waals surface area contributed by atoms with Gasteiger partial charge in [-0.15, -0.1) is 0 Å². The smallest absolute Gasteiger partial charge is 0.333 e. The van der Waals surface area contributed by atoms with E-state index >= 15 is 4.39 Å². The van der Waals surface area contributed by atoms with Crippen LogP contribution in [0, 0.1) is 17.3 Å². The van der Waals surface area contributed by atoms with Crippen molar-refractivity contribution in [2.45, 2.75) is 156 Å². The van der Waals surface area contributed by atoms with E-state index in [1.54, 1.807) is 13.8 Å². The molecule has 8 heteroatoms. The Kier molecular flexibility index (Phi) is 21.2. The first-order valence-corrected chi connectivity index (χ1v) is 23.7. The molecule has 1 fully saturated rings. The lowest BCUT2D eigenvalue weighted by molar-refractivity contribution is -0.139. The Morgan fingerprint density at radius 3 is 1.92 bits per heavy atom. The first-order valence-electron chi connectivity index (χ1n) is 23.7. The summed E-state index contributed by atoms with van der Waals surface area (Å²) in [6.45, 7) is 17.6. The summed E-state index contributed by atoms with van der Waals surface area (Å²) in [4.78, 5) is 24.5. The molecule has 0 heterocycles. The molecule has 62 heavy (non-hydrogen) atoms. The number of carbonyl (C=O) groups excluding carboxylic acids is 2. The molecular weight excluding hydrogens is 780 g/mol. The zero-order valence-electron chi connectivity index (χ0n) is 38.8. The van der Waals surface area contributed by atoms with Crippen molar-refractivity contribution in [1.82, 2.24) is 0 Å². The van der Waals surface area contributed by atoms with Crippen molar-refractivity contribution >= 4 is 11.9 Å². The first kappa shape index (κ1) is 50.6. The molecule has 2 aliphatic carbocycles. The van der Waals surface area contributed by atoms with Crippen molar-refractivity contribution in [3.63, 3.8) is 0 Å². The number of unbranched alkanes of at least 4 members (excludes halogenated alkanes) is 3. The third kappa shape index (κ3) is 14.8. The molecule has 0 bridgehead atoms. The van der Waals surface area contributed by atoms with E-state index in [9.17, 15) is 19.8 Å². The number of allylic oxidation sites excluding steroid dienone is 4. The van der Waals surface area contributed by atoms with Crippen LogP contribution in [-0.4, -0.2) is 55.2 Å². The standard InChI is InChI=1S/C54H77FO7/c1-8-11-13-16-40-19-21-42(22-20-40)43-23-26-49(50(55)35-43)44-24-25-48(41(10-3)32-44)47-33-45(17-14-29-61-52(58)38(4)5)51(46(34-47)18-15-30-62-53(59)39(6)7)60-31-28-54(36-56,37-57)27-12-9-2/h23-25,32-35,40,42,49,56-57H,4,6,8-22,26-31,36-37H2,1-3,5,7H3. The molecular formula is C54H77FO7. The Morgan fingerprint density at radius 1 is 0.774 bits per heavy atom. The van der Waals surface area contributed by atoms with Gasteiger partial charge in [0.15, 0.2) is 0 Å². The van der Waals surface area contributed by atoms with Gasteiger partial charge in [-0.3, -0.25) is 0 Å². The lowest BCUT2D eigenvalue weighted by Gasteiger charge is -2.31. The van der Waals surface area contributed by atoms with Crippen LogP contribution >= 0.6 is 0 Å². The van der Waals surface area contributed by atoms with Gasteiger partial charge in [0.2, 0.25) is 0 Å². The van der Waals surface area contributed by atoms with Crippen LogP contribution < -0.4 is 4.74 Å². The van der Waals surface area contributed by atoms with Crippen molar-refractivity contribution in [2.24, 2.45) is 17.3 Å². The van der Waals surface area contributed by atoms with E-state index in [-0.39, 0.29) is 44.8 Å². The number of benzene rings is 2. The molecule has 7 nitrogen and oxygen atoms in total. The maximum Gasteiger partial charge on any atom is 0.333 e. The average Bonchev–Trinajstić information content (AvgIpc) is 3.28. The number of hydrogen-bond donors (Lipinski definition) is 2. The second-order valence-corrected chi connectivity index (χ2v) is 18.2. The molecule has 1 unspecified atom stereocenters. The van der Waals surface area contributed by atoms with Crippen LogP contribution in [-0.2, 0) is 38.3 Å². The summed E-state index contributed by atoms with van der Waals surface area (Å²) in [5, 5.41) is 20.7. The number of esters is 2. The molecule has 342 valence electrons. The Morgan fingerprint density at radius 2 is 1.39 bits per heavy atom. The van der Waals surface area contributed by atoms with Crippen LogP contribution in [0.2, 0.25) is 0 Å². The van der Waals surface area contributed by atoms with E-state index in [0.717, 1.165) is 71.4 Å². The van der Waals surface area contributed by atoms with Gasteiger partial charge in [0, 0.05) is 22.5 Å². The Balaban J connectivity index is 1.64. The summed E-state index contributed by atoms with van der Waals surface area (Å²) in [5.74, 6) is 0.773. The Hall–Kier alpha value is -4.01. The van der Waals surface area contributed by atoms with Gasteiger partial charge in [-0.2, -0.15) is 0 Å². The lowest BCUT2D eigenvalue weighted by Crippen LogP contribution is -2.32. The highest BCUT2D eigenvalue weighted by Gasteiger charge is 2.30. The molecule has 0 spiro atoms. The molecule has 0 aromatic heterocycles. The molecule has 2 aromatic rings. The van der Waals surface area contributed by atoms with Crippen molar-refractivity contribution < 1.29 is 38.4 Å². The quantitative estimate of drug-likeness (QED) is 0.0524. The molecule has 0 amide bonds. The predicted octanol–water partition coefficient (Wildman–Crippen LogP) is 12.6. The molecule has 0 saturated heterocycles. The van der Waals surface area contributed by atoms with Crippen molar-refractivity contribution in [3.05, 3.63) is 100 Å². The number of ether oxygens (including phenoxy) is 3. The SMILES string of the molecule is C=C(C)C(=O)OCCCc1cc(-c2ccc(C3CC=C(C4CCC(CCCCC)CC4)C=C3F)cc2CC)cc(CCCOC(=O)C(=C)C)c1OCCC(CO)(CO)CCCC. The third-order valence-corrected chi connectivity index (χ3v) is 13.2. The number of aliphatic hydroxyl groups is 2. The van der Waals surface area contributed by atoms with Crippen molar-refractivity contribution in [3.8, 4) is 16.9 Å². The van der Waals surface area contributed by atoms with Gasteiger partial charge < -0.3 is 24.4 Å². The summed E-state index contributed by atoms with van der Waals surface area (Å²) in [5.41, 5.74) is 7.25. The normalized spacial score (nSPS) is 17.8. The average molecular weight is 857 g/mol. The fraction of sp³-hybridized carbons (Fsp3) is 0.593. The van der Waals surface area contributed by atoms with Crippen LogP contribution in [0.3, 0.4) is 0 Å². The van der Waals surface area contributed by atoms with E-state index in [2.05, 4.69) is 70.3 Å². The van der Waals surface area contributed by atoms with Crippen LogP contribution in [0.5, 0.6) is 5.75 Å². The molecule has 0 radical (unpaired) electrons. The van der Waals surface area contributed by atoms with Crippen molar-refractivity contribution in [2.75, 3.05) is 33.0 Å². The highest BCUT2D eigenvalue weighted by Crippen LogP contribution is 2.43. The van der Waals surface area contributed by atoms with Gasteiger partial charge in [0.05, 0.1) is 33.0 Å². The van der Waals surface area contributed by atoms with Crippen molar-refractivity contribution in [1.29, 1.82) is 0 Å². The molecule has 1 atom stereocenters. The number of rotatable bonds is 27. The first-order chi connectivity index (χ1) is 29.9. The summed E-state index contributed by atoms with van der Waals surface area (Å²) in [7, 11) is 0. The number of hydrogen-bond acceptors (Lipinski definition) is 7. The highest BCUT2D eigenvalue weighted by atomic mass is 19.1. The molecule has 0 aliphatic heterocycles. The van der Waals surface area contributed by atoms with E-state index in [1.165, 1.54) is 44.1 Å². The fourth-order valence-corrected chi connectivity index (χ4v) is 9.12. The van der Waals surface area contributed by atoms with Gasteiger partial charge >= 0.3 is 11.9 Å². The minimum atomic E-state index is -0.654. The minimum Gasteiger partial charge on any atom is -0.493 e. The van der Waals surface area contributed by atoms with Gasteiger partial charge in [-0.25, -0.2) is 14.0 Å². The van der Waals surface area contributed by atoms with Crippen LogP contribution in [0.15, 0.2) is 78.2 Å². The Bertz CT molecular complexity index is 1790. The van der Waals surface area contributed by atoms with Crippen LogP contribution in [0.25, 0.3) is 11.1 Å². The zero-order chi connectivity index (χ0) is 45.1. The van der Waals surface area contributed by atoms with E-state index in [1.807, 2.05) is 6.08 Å². The molecule has 4 rings (SSSR count). The maximum atomic E-state index is 16.1. The highest BCUT2D eigenvalue weighted by molar-refractivity contribution is 5.87. The molecule has 2 aromatic carbocycles. The number of aryl methyl sites for hydroxylation is 3. The molecule has 2 aliphatic rings. The molecule has 1 saturated carbocycles. The summed E-state index contributed by atoms with van der Waals surface area (Å²) in [6, 6.07) is 10.7. The second kappa shape index (κ2) is 25.9. The van der Waals surface area contributed by atoms with E-state index in [4.69, 9.17) is 14.2 Å². The van der Waals surface area contributed by atoms with Gasteiger partial charge in [0.25, 0.3) is 0 Å². The van der Waals surface area contributed by atoms with Gasteiger partial charge in [-0.05, 0) is 160 Å². The topological polar surface area (TPSA) is 102 Å². The number of aliphatic hydroxyl groups excluding tert-OH is 2. The van der Waals surface area contributed by atoms with Gasteiger partial charge in [-0.1, -0.05) is 96.7 Å². The van der Waals surface area contributed by atoms with Gasteiger partial charge in [0.1, 0.15) is 11.6 Å². The third-order valence-electron chi connectivity index (χ3n) is 13.2. The zero-order valence-corrected chi connectivity index (χ0v) is 38.8. The minimum absolute atomic E-state index is 0.0470. The summed E-state index contributed by atoms with van der Waals surface area (Å²) >= 11 is 0. The maximum absolute atomic E-state index is 16.1. The monoisotopic (exact) mass is 857 g/mol. The summed E-state index contributed by atoms with van der Waals surface area (Å²) < 4.78 is 33.7. The number of halogens is 1. The second-order valence-electron chi connectivity index (χ2n) is 18.2. The van der Waals surface area contributed by atoms with Crippen LogP contribution in [0.1, 0.15) is 159 Å². The van der Waals surface area contributed by atoms with E-state index in [0.29, 0.717) is 67.8 Å². The Labute approximate surface area is 372 Å². The summed E-state index contributed by atoms with van der Waals surface area (Å²) in [6.07, 6.45) is 20.8. The van der Waals surface area contributed by atoms with Crippen LogP contribution in [0.4, 0.5) is 4.39 Å². The fourth-order valence-electron chi connectivity index (χ4n) is 9.12. The predicted molar refractivity (Wildman–Crippen MR) is 250 cm³/mol.